The van der Waals surface area contributed by atoms with Gasteiger partial charge in [0.25, 0.3) is 0 Å². The fraction of sp³-hybridized carbons (Fsp3) is 0.615. The summed E-state index contributed by atoms with van der Waals surface area (Å²) in [5.74, 6) is 0.989. The van der Waals surface area contributed by atoms with E-state index in [0.29, 0.717) is 25.0 Å². The van der Waals surface area contributed by atoms with Gasteiger partial charge in [-0.05, 0) is 61.6 Å². The highest BCUT2D eigenvalue weighted by Gasteiger charge is 2.32. The van der Waals surface area contributed by atoms with Gasteiger partial charge in [0.1, 0.15) is 4.90 Å². The van der Waals surface area contributed by atoms with Crippen LogP contribution in [0.1, 0.15) is 64.4 Å². The number of fused-ring (bicyclic) bond motifs is 1. The summed E-state index contributed by atoms with van der Waals surface area (Å²) in [5.41, 5.74) is 3.03. The molecule has 0 spiro atoms. The van der Waals surface area contributed by atoms with E-state index in [1.807, 2.05) is 6.07 Å². The fourth-order valence-electron chi connectivity index (χ4n) is 4.85. The first-order valence-electron chi connectivity index (χ1n) is 12.2. The molecule has 1 aromatic heterocycles. The zero-order chi connectivity index (χ0) is 24.3. The minimum atomic E-state index is -3.68. The van der Waals surface area contributed by atoms with Crippen molar-refractivity contribution in [2.24, 2.45) is 16.3 Å². The Morgan fingerprint density at radius 1 is 1.18 bits per heavy atom. The largest absolute Gasteiger partial charge is 0.385 e. The first-order valence-corrected chi connectivity index (χ1v) is 13.7. The van der Waals surface area contributed by atoms with Gasteiger partial charge in [-0.2, -0.15) is 5.10 Å². The average molecular weight is 488 g/mol. The molecule has 0 bridgehead atoms. The van der Waals surface area contributed by atoms with E-state index in [1.165, 1.54) is 6.20 Å². The number of hydrogen-bond acceptors (Lipinski definition) is 6. The maximum Gasteiger partial charge on any atom is 0.209 e. The van der Waals surface area contributed by atoms with Gasteiger partial charge in [-0.25, -0.2) is 8.42 Å². The molecule has 0 radical (unpaired) electrons. The number of aromatic nitrogens is 2. The number of rotatable bonds is 8. The van der Waals surface area contributed by atoms with Gasteiger partial charge in [0, 0.05) is 50.8 Å². The molecular formula is C26H37N3O4S. The Balaban J connectivity index is 1.63. The van der Waals surface area contributed by atoms with Gasteiger partial charge in [0.15, 0.2) is 0 Å². The van der Waals surface area contributed by atoms with Gasteiger partial charge >= 0.3 is 0 Å². The first kappa shape index (κ1) is 25.1. The minimum Gasteiger partial charge on any atom is -0.385 e. The number of ether oxygens (including phenoxy) is 2. The van der Waals surface area contributed by atoms with Crippen LogP contribution in [0.5, 0.6) is 0 Å². The van der Waals surface area contributed by atoms with Crippen molar-refractivity contribution in [3.05, 3.63) is 36.2 Å². The van der Waals surface area contributed by atoms with Crippen molar-refractivity contribution in [2.45, 2.75) is 75.1 Å². The lowest BCUT2D eigenvalue weighted by molar-refractivity contribution is 0.0618. The van der Waals surface area contributed by atoms with Gasteiger partial charge < -0.3 is 9.47 Å². The molecule has 1 atom stereocenters. The number of aryl methyl sites for hydroxylation is 1. The van der Waals surface area contributed by atoms with E-state index in [1.54, 1.807) is 30.1 Å². The molecule has 1 aromatic carbocycles. The third-order valence-electron chi connectivity index (χ3n) is 6.93. The summed E-state index contributed by atoms with van der Waals surface area (Å²) in [6, 6.07) is 5.48. The number of hydrogen-bond donors (Lipinski definition) is 0. The standard InChI is InChI=1S/C26H37N3O4S/c1-26(2,3)25-15-20(14-19-8-12-33-13-9-19)23-7-6-21(16-24(23)28-25)34(30,31)22-17-27-29(18-22)10-5-11-32-4/h6-7,16-20H,5,8-15H2,1-4H3. The van der Waals surface area contributed by atoms with Crippen LogP contribution in [0.3, 0.4) is 0 Å². The second-order valence-electron chi connectivity index (χ2n) is 10.5. The summed E-state index contributed by atoms with van der Waals surface area (Å²) in [6.45, 7) is 9.43. The number of methoxy groups -OCH3 is 1. The topological polar surface area (TPSA) is 82.8 Å². The van der Waals surface area contributed by atoms with Crippen LogP contribution in [-0.4, -0.2) is 50.8 Å². The highest BCUT2D eigenvalue weighted by molar-refractivity contribution is 7.91. The van der Waals surface area contributed by atoms with E-state index >= 15 is 0 Å². The van der Waals surface area contributed by atoms with Gasteiger partial charge in [-0.1, -0.05) is 26.8 Å². The lowest BCUT2D eigenvalue weighted by atomic mass is 9.75. The zero-order valence-electron chi connectivity index (χ0n) is 20.8. The highest BCUT2D eigenvalue weighted by Crippen LogP contribution is 2.44. The molecule has 1 unspecified atom stereocenters. The van der Waals surface area contributed by atoms with Gasteiger partial charge in [0.05, 0.1) is 16.8 Å². The molecule has 1 fully saturated rings. The Morgan fingerprint density at radius 2 is 1.94 bits per heavy atom. The Morgan fingerprint density at radius 3 is 2.65 bits per heavy atom. The summed E-state index contributed by atoms with van der Waals surface area (Å²) < 4.78 is 39.1. The molecule has 0 aliphatic carbocycles. The number of nitrogens with zero attached hydrogens (tertiary/aromatic N) is 3. The predicted molar refractivity (Wildman–Crippen MR) is 133 cm³/mol. The van der Waals surface area contributed by atoms with Crippen molar-refractivity contribution in [2.75, 3.05) is 26.9 Å². The second-order valence-corrected chi connectivity index (χ2v) is 12.5. The normalized spacial score (nSPS) is 19.6. The van der Waals surface area contributed by atoms with Crippen molar-refractivity contribution in [1.82, 2.24) is 9.78 Å². The molecule has 0 saturated carbocycles. The molecule has 3 heterocycles. The number of aliphatic imine (C=N–C) groups is 1. The Hall–Kier alpha value is -2.03. The summed E-state index contributed by atoms with van der Waals surface area (Å²) in [4.78, 5) is 5.45. The van der Waals surface area contributed by atoms with Crippen LogP contribution in [0.15, 0.2) is 45.4 Å². The van der Waals surface area contributed by atoms with Crippen LogP contribution < -0.4 is 0 Å². The molecule has 2 aliphatic heterocycles. The van der Waals surface area contributed by atoms with Gasteiger partial charge in [-0.15, -0.1) is 0 Å². The summed E-state index contributed by atoms with van der Waals surface area (Å²) in [5, 5.41) is 4.23. The monoisotopic (exact) mass is 487 g/mol. The maximum atomic E-state index is 13.4. The molecule has 2 aromatic rings. The van der Waals surface area contributed by atoms with E-state index in [9.17, 15) is 8.42 Å². The van der Waals surface area contributed by atoms with Crippen molar-refractivity contribution in [3.8, 4) is 0 Å². The van der Waals surface area contributed by atoms with E-state index < -0.39 is 9.84 Å². The van der Waals surface area contributed by atoms with Crippen molar-refractivity contribution >= 4 is 21.2 Å². The lowest BCUT2D eigenvalue weighted by Crippen LogP contribution is -2.27. The highest BCUT2D eigenvalue weighted by atomic mass is 32.2. The predicted octanol–water partition coefficient (Wildman–Crippen LogP) is 5.18. The lowest BCUT2D eigenvalue weighted by Gasteiger charge is -2.34. The van der Waals surface area contributed by atoms with Gasteiger partial charge in [-0.3, -0.25) is 9.67 Å². The minimum absolute atomic E-state index is 0.0656. The van der Waals surface area contributed by atoms with Crippen LogP contribution >= 0.6 is 0 Å². The molecule has 34 heavy (non-hydrogen) atoms. The molecule has 7 nitrogen and oxygen atoms in total. The number of benzene rings is 1. The molecule has 186 valence electrons. The second kappa shape index (κ2) is 10.3. The quantitative estimate of drug-likeness (QED) is 0.480. The summed E-state index contributed by atoms with van der Waals surface area (Å²) >= 11 is 0. The summed E-state index contributed by atoms with van der Waals surface area (Å²) in [7, 11) is -2.03. The Bertz CT molecular complexity index is 1130. The Labute approximate surface area is 203 Å². The van der Waals surface area contributed by atoms with Crippen LogP contribution in [0.4, 0.5) is 5.69 Å². The molecule has 1 saturated heterocycles. The summed E-state index contributed by atoms with van der Waals surface area (Å²) in [6.07, 6.45) is 8.00. The van der Waals surface area contributed by atoms with Crippen LogP contribution in [-0.2, 0) is 25.9 Å². The van der Waals surface area contributed by atoms with Crippen LogP contribution in [0.2, 0.25) is 0 Å². The van der Waals surface area contributed by atoms with Crippen molar-refractivity contribution < 1.29 is 17.9 Å². The number of sulfone groups is 1. The van der Waals surface area contributed by atoms with Crippen molar-refractivity contribution in [3.63, 3.8) is 0 Å². The zero-order valence-corrected chi connectivity index (χ0v) is 21.6. The van der Waals surface area contributed by atoms with Crippen LogP contribution in [0.25, 0.3) is 0 Å². The van der Waals surface area contributed by atoms with E-state index in [2.05, 4.69) is 25.9 Å². The fourth-order valence-corrected chi connectivity index (χ4v) is 6.08. The molecule has 2 aliphatic rings. The molecule has 0 N–H and O–H groups in total. The SMILES string of the molecule is COCCCn1cc(S(=O)(=O)c2ccc3c(c2)N=C(C(C)(C)C)CC3CC2CCOCC2)cn1. The van der Waals surface area contributed by atoms with E-state index in [0.717, 1.165) is 62.3 Å². The molecule has 0 amide bonds. The van der Waals surface area contributed by atoms with E-state index in [4.69, 9.17) is 14.5 Å². The first-order chi connectivity index (χ1) is 16.2. The third-order valence-corrected chi connectivity index (χ3v) is 8.63. The third kappa shape index (κ3) is 5.61. The van der Waals surface area contributed by atoms with E-state index in [-0.39, 0.29) is 15.2 Å². The molecule has 8 heteroatoms. The van der Waals surface area contributed by atoms with Gasteiger partial charge in [0.2, 0.25) is 9.84 Å². The van der Waals surface area contributed by atoms with Crippen molar-refractivity contribution in [1.29, 1.82) is 0 Å². The molecule has 4 rings (SSSR count). The van der Waals surface area contributed by atoms with Crippen LogP contribution in [0, 0.1) is 11.3 Å². The Kier molecular flexibility index (Phi) is 7.60. The maximum absolute atomic E-state index is 13.4. The smallest absolute Gasteiger partial charge is 0.209 e. The molecular weight excluding hydrogens is 450 g/mol. The average Bonchev–Trinajstić information content (AvgIpc) is 3.29.